The maximum absolute atomic E-state index is 9.73. The van der Waals surface area contributed by atoms with Crippen LogP contribution in [0.4, 0.5) is 0 Å². The third-order valence-electron chi connectivity index (χ3n) is 1.35. The molecule has 9 heavy (non-hydrogen) atoms. The van der Waals surface area contributed by atoms with E-state index in [1.165, 1.54) is 6.47 Å². The Morgan fingerprint density at radius 1 is 1.56 bits per heavy atom. The van der Waals surface area contributed by atoms with Crippen LogP contribution in [-0.4, -0.2) is 12.6 Å². The van der Waals surface area contributed by atoms with E-state index in [2.05, 4.69) is 4.74 Å². The normalized spacial score (nSPS) is 13.3. The van der Waals surface area contributed by atoms with Crippen molar-refractivity contribution in [2.75, 3.05) is 0 Å². The molecule has 2 nitrogen and oxygen atoms in total. The second kappa shape index (κ2) is 4.36. The molecule has 53 valence electrons. The highest BCUT2D eigenvalue weighted by atomic mass is 16.5. The molecule has 0 aromatic heterocycles. The quantitative estimate of drug-likeness (QED) is 0.575. The second-order valence-corrected chi connectivity index (χ2v) is 2.39. The highest BCUT2D eigenvalue weighted by Crippen LogP contribution is 2.08. The zero-order chi connectivity index (χ0) is 7.28. The molecule has 0 saturated heterocycles. The van der Waals surface area contributed by atoms with Crippen LogP contribution in [0.25, 0.3) is 0 Å². The summed E-state index contributed by atoms with van der Waals surface area (Å²) in [4.78, 5) is 9.73. The predicted molar refractivity (Wildman–Crippen MR) is 35.7 cm³/mol. The van der Waals surface area contributed by atoms with Crippen LogP contribution in [-0.2, 0) is 9.53 Å². The Bertz CT molecular complexity index is 79.0. The first-order valence-electron chi connectivity index (χ1n) is 3.25. The lowest BCUT2D eigenvalue weighted by atomic mass is 10.1. The minimum absolute atomic E-state index is 0.0440. The number of ether oxygens (including phenoxy) is 1. The molecule has 1 unspecified atom stereocenters. The number of rotatable bonds is 4. The molecule has 0 heterocycles. The summed E-state index contributed by atoms with van der Waals surface area (Å²) in [6, 6.07) is 0. The van der Waals surface area contributed by atoms with Gasteiger partial charge < -0.3 is 4.74 Å². The third kappa shape index (κ3) is 3.12. The molecular formula is C7H13O2. The van der Waals surface area contributed by atoms with Crippen molar-refractivity contribution in [2.45, 2.75) is 33.3 Å². The average Bonchev–Trinajstić information content (AvgIpc) is 1.82. The predicted octanol–water partition coefficient (Wildman–Crippen LogP) is 1.50. The van der Waals surface area contributed by atoms with E-state index in [0.717, 1.165) is 6.42 Å². The van der Waals surface area contributed by atoms with E-state index in [9.17, 15) is 4.79 Å². The molecule has 0 aromatic carbocycles. The van der Waals surface area contributed by atoms with E-state index in [4.69, 9.17) is 0 Å². The van der Waals surface area contributed by atoms with Crippen molar-refractivity contribution >= 4 is 6.47 Å². The highest BCUT2D eigenvalue weighted by molar-refractivity contribution is 5.38. The van der Waals surface area contributed by atoms with Gasteiger partial charge in [0.15, 0.2) is 0 Å². The SMILES string of the molecule is CCC(O[C]=O)C(C)C. The van der Waals surface area contributed by atoms with Crippen molar-refractivity contribution in [2.24, 2.45) is 5.92 Å². The van der Waals surface area contributed by atoms with Gasteiger partial charge in [-0.05, 0) is 12.3 Å². The van der Waals surface area contributed by atoms with Crippen LogP contribution in [0, 0.1) is 5.92 Å². The number of hydrogen-bond acceptors (Lipinski definition) is 2. The van der Waals surface area contributed by atoms with Gasteiger partial charge in [-0.25, -0.2) is 4.79 Å². The molecule has 0 rings (SSSR count). The van der Waals surface area contributed by atoms with Crippen LogP contribution < -0.4 is 0 Å². The Labute approximate surface area is 56.2 Å². The maximum Gasteiger partial charge on any atom is 0.417 e. The van der Waals surface area contributed by atoms with Gasteiger partial charge in [-0.3, -0.25) is 0 Å². The molecule has 0 amide bonds. The summed E-state index contributed by atoms with van der Waals surface area (Å²) in [5.41, 5.74) is 0. The standard InChI is InChI=1S/C7H13O2/c1-4-7(6(2)3)9-5-8/h6-7H,4H2,1-3H3. The van der Waals surface area contributed by atoms with Crippen molar-refractivity contribution in [3.05, 3.63) is 0 Å². The second-order valence-electron chi connectivity index (χ2n) is 2.39. The Hall–Kier alpha value is -0.530. The van der Waals surface area contributed by atoms with Crippen LogP contribution in [0.15, 0.2) is 0 Å². The van der Waals surface area contributed by atoms with E-state index in [1.54, 1.807) is 0 Å². The molecule has 0 N–H and O–H groups in total. The minimum Gasteiger partial charge on any atom is -0.454 e. The lowest BCUT2D eigenvalue weighted by Crippen LogP contribution is -2.17. The van der Waals surface area contributed by atoms with E-state index >= 15 is 0 Å². The van der Waals surface area contributed by atoms with Gasteiger partial charge in [-0.15, -0.1) is 0 Å². The Morgan fingerprint density at radius 3 is 2.22 bits per heavy atom. The molecule has 0 bridgehead atoms. The first-order chi connectivity index (χ1) is 4.22. The summed E-state index contributed by atoms with van der Waals surface area (Å²) in [6.45, 7) is 7.48. The molecule has 0 aliphatic carbocycles. The molecule has 1 atom stereocenters. The van der Waals surface area contributed by atoms with E-state index in [-0.39, 0.29) is 6.10 Å². The summed E-state index contributed by atoms with van der Waals surface area (Å²) < 4.78 is 4.65. The molecule has 0 saturated carbocycles. The first kappa shape index (κ1) is 8.47. The zero-order valence-corrected chi connectivity index (χ0v) is 6.18. The summed E-state index contributed by atoms with van der Waals surface area (Å²) in [5.74, 6) is 0.399. The summed E-state index contributed by atoms with van der Waals surface area (Å²) in [7, 11) is 0. The average molecular weight is 129 g/mol. The van der Waals surface area contributed by atoms with E-state index in [0.29, 0.717) is 5.92 Å². The van der Waals surface area contributed by atoms with Gasteiger partial charge >= 0.3 is 6.47 Å². The summed E-state index contributed by atoms with van der Waals surface area (Å²) >= 11 is 0. The monoisotopic (exact) mass is 129 g/mol. The fourth-order valence-electron chi connectivity index (χ4n) is 0.753. The van der Waals surface area contributed by atoms with Crippen molar-refractivity contribution in [3.63, 3.8) is 0 Å². The summed E-state index contributed by atoms with van der Waals surface area (Å²) in [6.07, 6.45) is 0.912. The number of carbonyl (C=O) groups excluding carboxylic acids is 1. The summed E-state index contributed by atoms with van der Waals surface area (Å²) in [5, 5.41) is 0. The minimum atomic E-state index is 0.0440. The van der Waals surface area contributed by atoms with Gasteiger partial charge in [-0.2, -0.15) is 0 Å². The van der Waals surface area contributed by atoms with Gasteiger partial charge in [0.25, 0.3) is 0 Å². The van der Waals surface area contributed by atoms with Gasteiger partial charge in [0.05, 0.1) is 0 Å². The molecule has 0 aliphatic rings. The van der Waals surface area contributed by atoms with Crippen molar-refractivity contribution < 1.29 is 9.53 Å². The zero-order valence-electron chi connectivity index (χ0n) is 6.18. The Morgan fingerprint density at radius 2 is 2.11 bits per heavy atom. The molecule has 0 aromatic rings. The largest absolute Gasteiger partial charge is 0.454 e. The van der Waals surface area contributed by atoms with Crippen LogP contribution >= 0.6 is 0 Å². The topological polar surface area (TPSA) is 26.3 Å². The van der Waals surface area contributed by atoms with Crippen molar-refractivity contribution in [1.82, 2.24) is 0 Å². The smallest absolute Gasteiger partial charge is 0.417 e. The van der Waals surface area contributed by atoms with Gasteiger partial charge in [0.2, 0.25) is 0 Å². The van der Waals surface area contributed by atoms with Crippen molar-refractivity contribution in [1.29, 1.82) is 0 Å². The molecule has 0 spiro atoms. The van der Waals surface area contributed by atoms with Gasteiger partial charge in [0, 0.05) is 0 Å². The Kier molecular flexibility index (Phi) is 4.10. The fraction of sp³-hybridized carbons (Fsp3) is 0.857. The molecule has 2 heteroatoms. The van der Waals surface area contributed by atoms with Crippen molar-refractivity contribution in [3.8, 4) is 0 Å². The van der Waals surface area contributed by atoms with Crippen LogP contribution in [0.5, 0.6) is 0 Å². The maximum atomic E-state index is 9.73. The van der Waals surface area contributed by atoms with Crippen LogP contribution in [0.2, 0.25) is 0 Å². The number of hydrogen-bond donors (Lipinski definition) is 0. The molecular weight excluding hydrogens is 116 g/mol. The highest BCUT2D eigenvalue weighted by Gasteiger charge is 2.10. The Balaban J connectivity index is 3.53. The first-order valence-corrected chi connectivity index (χ1v) is 3.25. The van der Waals surface area contributed by atoms with Gasteiger partial charge in [0.1, 0.15) is 6.10 Å². The van der Waals surface area contributed by atoms with Crippen LogP contribution in [0.3, 0.4) is 0 Å². The lowest BCUT2D eigenvalue weighted by molar-refractivity contribution is 0.127. The van der Waals surface area contributed by atoms with Gasteiger partial charge in [-0.1, -0.05) is 20.8 Å². The van der Waals surface area contributed by atoms with E-state index in [1.807, 2.05) is 20.8 Å². The van der Waals surface area contributed by atoms with Crippen LogP contribution in [0.1, 0.15) is 27.2 Å². The third-order valence-corrected chi connectivity index (χ3v) is 1.35. The molecule has 0 aliphatic heterocycles. The molecule has 0 fully saturated rings. The fourth-order valence-corrected chi connectivity index (χ4v) is 0.753. The van der Waals surface area contributed by atoms with E-state index < -0.39 is 0 Å². The molecule has 1 radical (unpaired) electrons. The lowest BCUT2D eigenvalue weighted by Gasteiger charge is -2.15.